The number of nitrogens with two attached hydrogens (primary N) is 2. The fourth-order valence-corrected chi connectivity index (χ4v) is 1.24. The maximum absolute atomic E-state index is 5.95. The number of hydrogen-bond donors (Lipinski definition) is 2. The molecule has 4 N–H and O–H groups in total. The van der Waals surface area contributed by atoms with E-state index in [0.29, 0.717) is 16.3 Å². The predicted molar refractivity (Wildman–Crippen MR) is 69.4 cm³/mol. The summed E-state index contributed by atoms with van der Waals surface area (Å²) in [5, 5.41) is 3.94. The van der Waals surface area contributed by atoms with Gasteiger partial charge in [0.15, 0.2) is 0 Å². The average molecular weight is 264 g/mol. The Hall–Kier alpha value is -1.13. The number of amidine groups is 1. The summed E-state index contributed by atoms with van der Waals surface area (Å²) in [5.41, 5.74) is 6.26. The quantitative estimate of drug-likeness (QED) is 0.380. The number of halogens is 2. The lowest BCUT2D eigenvalue weighted by Gasteiger charge is -2.12. The molecule has 1 rings (SSSR count). The van der Waals surface area contributed by atoms with Crippen LogP contribution in [-0.2, 0) is 0 Å². The lowest BCUT2D eigenvalue weighted by Crippen LogP contribution is -2.16. The molecule has 6 heteroatoms. The SMILES string of the molecule is CC(C)Oc1cc(/C(N)=N/N)ccc1Cl.Cl. The number of hydrogen-bond acceptors (Lipinski definition) is 3. The molecule has 0 amide bonds. The molecular formula is C10H15Cl2N3O. The molecule has 4 nitrogen and oxygen atoms in total. The van der Waals surface area contributed by atoms with E-state index < -0.39 is 0 Å². The molecule has 0 spiro atoms. The Kier molecular flexibility index (Phi) is 6.00. The van der Waals surface area contributed by atoms with Gasteiger partial charge in [-0.1, -0.05) is 11.6 Å². The van der Waals surface area contributed by atoms with Crippen molar-refractivity contribution in [3.05, 3.63) is 28.8 Å². The second-order valence-electron chi connectivity index (χ2n) is 3.33. The maximum Gasteiger partial charge on any atom is 0.150 e. The molecular weight excluding hydrogens is 249 g/mol. The molecule has 0 bridgehead atoms. The fraction of sp³-hybridized carbons (Fsp3) is 0.300. The van der Waals surface area contributed by atoms with Gasteiger partial charge in [-0.3, -0.25) is 0 Å². The van der Waals surface area contributed by atoms with Crippen LogP contribution in [0.3, 0.4) is 0 Å². The minimum Gasteiger partial charge on any atom is -0.489 e. The number of ether oxygens (including phenoxy) is 1. The van der Waals surface area contributed by atoms with Crippen LogP contribution in [0.25, 0.3) is 0 Å². The zero-order chi connectivity index (χ0) is 11.4. The minimum atomic E-state index is 0. The molecule has 0 aliphatic carbocycles. The Bertz CT molecular complexity index is 380. The van der Waals surface area contributed by atoms with Gasteiger partial charge in [-0.2, -0.15) is 5.10 Å². The van der Waals surface area contributed by atoms with Crippen LogP contribution in [0.15, 0.2) is 23.3 Å². The third kappa shape index (κ3) is 3.79. The van der Waals surface area contributed by atoms with Gasteiger partial charge in [0.05, 0.1) is 11.1 Å². The van der Waals surface area contributed by atoms with Crippen LogP contribution in [0.1, 0.15) is 19.4 Å². The minimum absolute atomic E-state index is 0. The summed E-state index contributed by atoms with van der Waals surface area (Å²) < 4.78 is 5.50. The molecule has 0 heterocycles. The summed E-state index contributed by atoms with van der Waals surface area (Å²) in [6, 6.07) is 5.15. The topological polar surface area (TPSA) is 73.6 Å². The van der Waals surface area contributed by atoms with Gasteiger partial charge in [0.2, 0.25) is 0 Å². The zero-order valence-corrected chi connectivity index (χ0v) is 10.7. The highest BCUT2D eigenvalue weighted by Crippen LogP contribution is 2.26. The Balaban J connectivity index is 0.00000225. The van der Waals surface area contributed by atoms with Crippen molar-refractivity contribution in [1.82, 2.24) is 0 Å². The van der Waals surface area contributed by atoms with E-state index >= 15 is 0 Å². The number of hydrazone groups is 1. The average Bonchev–Trinajstić information content (AvgIpc) is 2.19. The van der Waals surface area contributed by atoms with E-state index in [1.54, 1.807) is 18.2 Å². The van der Waals surface area contributed by atoms with E-state index in [2.05, 4.69) is 5.10 Å². The first-order chi connectivity index (χ1) is 7.04. The molecule has 0 radical (unpaired) electrons. The molecule has 16 heavy (non-hydrogen) atoms. The van der Waals surface area contributed by atoms with E-state index in [1.807, 2.05) is 13.8 Å². The molecule has 0 atom stereocenters. The number of rotatable bonds is 3. The van der Waals surface area contributed by atoms with Gasteiger partial charge in [0.25, 0.3) is 0 Å². The van der Waals surface area contributed by atoms with E-state index in [1.165, 1.54) is 0 Å². The predicted octanol–water partition coefficient (Wildman–Crippen LogP) is 2.13. The van der Waals surface area contributed by atoms with Crippen molar-refractivity contribution < 1.29 is 4.74 Å². The summed E-state index contributed by atoms with van der Waals surface area (Å²) in [6.45, 7) is 3.84. The van der Waals surface area contributed by atoms with Crippen molar-refractivity contribution in [2.45, 2.75) is 20.0 Å². The highest BCUT2D eigenvalue weighted by molar-refractivity contribution is 6.32. The lowest BCUT2D eigenvalue weighted by molar-refractivity contribution is 0.242. The molecule has 1 aromatic carbocycles. The monoisotopic (exact) mass is 263 g/mol. The van der Waals surface area contributed by atoms with E-state index in [0.717, 1.165) is 0 Å². The Morgan fingerprint density at radius 2 is 2.06 bits per heavy atom. The fourth-order valence-electron chi connectivity index (χ4n) is 1.08. The largest absolute Gasteiger partial charge is 0.489 e. The van der Waals surface area contributed by atoms with Crippen LogP contribution in [0, 0.1) is 0 Å². The standard InChI is InChI=1S/C10H14ClN3O.ClH/c1-6(2)15-9-5-7(10(12)14-13)3-4-8(9)11;/h3-6H,13H2,1-2H3,(H2,12,14);1H. The first kappa shape index (κ1) is 14.9. The summed E-state index contributed by atoms with van der Waals surface area (Å²) in [4.78, 5) is 0. The van der Waals surface area contributed by atoms with Gasteiger partial charge in [-0.25, -0.2) is 0 Å². The van der Waals surface area contributed by atoms with Crippen LogP contribution >= 0.6 is 24.0 Å². The summed E-state index contributed by atoms with van der Waals surface area (Å²) in [7, 11) is 0. The molecule has 0 saturated heterocycles. The number of nitrogens with zero attached hydrogens (tertiary/aromatic N) is 1. The van der Waals surface area contributed by atoms with Crippen LogP contribution in [0.5, 0.6) is 5.75 Å². The molecule has 0 unspecified atom stereocenters. The third-order valence-electron chi connectivity index (χ3n) is 1.73. The van der Waals surface area contributed by atoms with Crippen LogP contribution in [-0.4, -0.2) is 11.9 Å². The highest BCUT2D eigenvalue weighted by Gasteiger charge is 2.07. The van der Waals surface area contributed by atoms with E-state index in [4.69, 9.17) is 27.9 Å². The Morgan fingerprint density at radius 1 is 1.44 bits per heavy atom. The van der Waals surface area contributed by atoms with Gasteiger partial charge in [-0.15, -0.1) is 12.4 Å². The van der Waals surface area contributed by atoms with Crippen molar-refractivity contribution in [2.24, 2.45) is 16.7 Å². The maximum atomic E-state index is 5.95. The van der Waals surface area contributed by atoms with Crippen molar-refractivity contribution in [3.8, 4) is 5.75 Å². The van der Waals surface area contributed by atoms with Crippen molar-refractivity contribution >= 4 is 29.8 Å². The van der Waals surface area contributed by atoms with Gasteiger partial charge in [0, 0.05) is 5.56 Å². The van der Waals surface area contributed by atoms with Crippen molar-refractivity contribution in [2.75, 3.05) is 0 Å². The highest BCUT2D eigenvalue weighted by atomic mass is 35.5. The Morgan fingerprint density at radius 3 is 2.56 bits per heavy atom. The molecule has 0 saturated carbocycles. The molecule has 0 aromatic heterocycles. The van der Waals surface area contributed by atoms with Crippen LogP contribution in [0.4, 0.5) is 0 Å². The van der Waals surface area contributed by atoms with Gasteiger partial charge in [0.1, 0.15) is 11.6 Å². The van der Waals surface area contributed by atoms with Gasteiger partial charge >= 0.3 is 0 Å². The van der Waals surface area contributed by atoms with Crippen molar-refractivity contribution in [1.29, 1.82) is 0 Å². The summed E-state index contributed by atoms with van der Waals surface area (Å²) in [5.74, 6) is 5.91. The molecule has 0 aliphatic rings. The van der Waals surface area contributed by atoms with Crippen molar-refractivity contribution in [3.63, 3.8) is 0 Å². The van der Waals surface area contributed by atoms with E-state index in [9.17, 15) is 0 Å². The third-order valence-corrected chi connectivity index (χ3v) is 2.04. The second-order valence-corrected chi connectivity index (χ2v) is 3.73. The summed E-state index contributed by atoms with van der Waals surface area (Å²) >= 11 is 5.95. The van der Waals surface area contributed by atoms with Crippen LogP contribution < -0.4 is 16.3 Å². The smallest absolute Gasteiger partial charge is 0.150 e. The Labute approximate surface area is 106 Å². The molecule has 0 fully saturated rings. The molecule has 1 aromatic rings. The first-order valence-electron chi connectivity index (χ1n) is 4.54. The zero-order valence-electron chi connectivity index (χ0n) is 9.11. The first-order valence-corrected chi connectivity index (χ1v) is 4.92. The number of benzene rings is 1. The summed E-state index contributed by atoms with van der Waals surface area (Å²) in [6.07, 6.45) is 0.0498. The van der Waals surface area contributed by atoms with Gasteiger partial charge < -0.3 is 16.3 Å². The molecule has 0 aliphatic heterocycles. The van der Waals surface area contributed by atoms with Gasteiger partial charge in [-0.05, 0) is 32.0 Å². The van der Waals surface area contributed by atoms with Crippen LogP contribution in [0.2, 0.25) is 5.02 Å². The normalized spacial score (nSPS) is 11.1. The molecule has 90 valence electrons. The second kappa shape index (κ2) is 6.45. The lowest BCUT2D eigenvalue weighted by atomic mass is 10.2. The van der Waals surface area contributed by atoms with E-state index in [-0.39, 0.29) is 24.3 Å².